The summed E-state index contributed by atoms with van der Waals surface area (Å²) in [5.74, 6) is 0.757. The van der Waals surface area contributed by atoms with Crippen molar-refractivity contribution in [1.29, 1.82) is 0 Å². The first-order valence-electron chi connectivity index (χ1n) is 7.69. The van der Waals surface area contributed by atoms with Crippen molar-refractivity contribution in [3.63, 3.8) is 0 Å². The lowest BCUT2D eigenvalue weighted by molar-refractivity contribution is 0.0973. The highest BCUT2D eigenvalue weighted by Crippen LogP contribution is 2.54. The first kappa shape index (κ1) is 13.2. The summed E-state index contributed by atoms with van der Waals surface area (Å²) in [5, 5.41) is 10.3. The topological polar surface area (TPSA) is 25.2 Å². The van der Waals surface area contributed by atoms with E-state index in [0.717, 1.165) is 25.3 Å². The maximum absolute atomic E-state index is 10.3. The van der Waals surface area contributed by atoms with Crippen LogP contribution >= 0.6 is 0 Å². The summed E-state index contributed by atoms with van der Waals surface area (Å²) in [7, 11) is 0. The Hall–Kier alpha value is -0.760. The second kappa shape index (κ2) is 4.12. The zero-order valence-electron chi connectivity index (χ0n) is 12.7. The molecule has 19 heavy (non-hydrogen) atoms. The summed E-state index contributed by atoms with van der Waals surface area (Å²) in [5.41, 5.74) is 3.31. The molecule has 2 nitrogen and oxygen atoms in total. The molecule has 0 amide bonds. The predicted molar refractivity (Wildman–Crippen MR) is 78.0 cm³/mol. The van der Waals surface area contributed by atoms with E-state index in [1.54, 1.807) is 0 Å². The fourth-order valence-corrected chi connectivity index (χ4v) is 3.75. The highest BCUT2D eigenvalue weighted by molar-refractivity contribution is 5.29. The number of aliphatic hydroxyl groups is 1. The third-order valence-electron chi connectivity index (χ3n) is 5.47. The first-order valence-corrected chi connectivity index (χ1v) is 7.69. The van der Waals surface area contributed by atoms with Crippen molar-refractivity contribution in [2.45, 2.75) is 66.0 Å². The fourth-order valence-electron chi connectivity index (χ4n) is 3.75. The molecule has 0 radical (unpaired) electrons. The van der Waals surface area contributed by atoms with Gasteiger partial charge in [0.2, 0.25) is 0 Å². The van der Waals surface area contributed by atoms with E-state index in [1.807, 2.05) is 0 Å². The largest absolute Gasteiger partial charge is 0.388 e. The van der Waals surface area contributed by atoms with Crippen LogP contribution in [0.5, 0.6) is 0 Å². The maximum Gasteiger partial charge on any atom is 0.0812 e. The van der Waals surface area contributed by atoms with Crippen LogP contribution in [0, 0.1) is 16.7 Å². The number of hydrogen-bond donors (Lipinski definition) is 1. The molecule has 0 aromatic carbocycles. The fraction of sp³-hybridized carbons (Fsp3) is 0.765. The minimum atomic E-state index is -0.269. The van der Waals surface area contributed by atoms with E-state index in [4.69, 9.17) is 0 Å². The van der Waals surface area contributed by atoms with Gasteiger partial charge in [-0.3, -0.25) is 0 Å². The van der Waals surface area contributed by atoms with Gasteiger partial charge in [-0.15, -0.1) is 0 Å². The Morgan fingerprint density at radius 1 is 1.37 bits per heavy atom. The zero-order chi connectivity index (χ0) is 13.8. The molecule has 0 spiro atoms. The minimum Gasteiger partial charge on any atom is -0.388 e. The van der Waals surface area contributed by atoms with Gasteiger partial charge in [-0.2, -0.15) is 0 Å². The van der Waals surface area contributed by atoms with Gasteiger partial charge < -0.3 is 9.67 Å². The number of hydrogen-bond acceptors (Lipinski definition) is 1. The lowest BCUT2D eigenvalue weighted by atomic mass is 9.75. The molecule has 2 aliphatic rings. The van der Waals surface area contributed by atoms with Gasteiger partial charge in [-0.1, -0.05) is 27.7 Å². The molecule has 1 fully saturated rings. The van der Waals surface area contributed by atoms with Crippen LogP contribution in [-0.4, -0.2) is 9.67 Å². The molecule has 0 saturated heterocycles. The Labute approximate surface area is 116 Å². The van der Waals surface area contributed by atoms with Gasteiger partial charge in [0.05, 0.1) is 6.10 Å². The van der Waals surface area contributed by atoms with Crippen molar-refractivity contribution in [3.8, 4) is 0 Å². The quantitative estimate of drug-likeness (QED) is 0.876. The highest BCUT2D eigenvalue weighted by atomic mass is 16.3. The van der Waals surface area contributed by atoms with Crippen molar-refractivity contribution in [2.75, 3.05) is 0 Å². The predicted octanol–water partition coefficient (Wildman–Crippen LogP) is 3.93. The minimum absolute atomic E-state index is 0.219. The summed E-state index contributed by atoms with van der Waals surface area (Å²) >= 11 is 0. The molecule has 3 rings (SSSR count). The molecule has 1 N–H and O–H groups in total. The Balaban J connectivity index is 1.89. The summed E-state index contributed by atoms with van der Waals surface area (Å²) in [6.45, 7) is 10.4. The SMILES string of the molecule is CC(C)C1(Cn2ccc3c2CC(C)(C)CC3O)CC1. The maximum atomic E-state index is 10.3. The van der Waals surface area contributed by atoms with E-state index in [9.17, 15) is 5.11 Å². The number of aromatic nitrogens is 1. The molecular weight excluding hydrogens is 234 g/mol. The molecule has 1 heterocycles. The molecule has 1 aromatic rings. The van der Waals surface area contributed by atoms with Crippen LogP contribution in [0.2, 0.25) is 0 Å². The van der Waals surface area contributed by atoms with Gasteiger partial charge in [0, 0.05) is 24.0 Å². The Kier molecular flexibility index (Phi) is 2.87. The van der Waals surface area contributed by atoms with Gasteiger partial charge in [0.15, 0.2) is 0 Å². The molecule has 2 heteroatoms. The van der Waals surface area contributed by atoms with Crippen molar-refractivity contribution < 1.29 is 5.11 Å². The van der Waals surface area contributed by atoms with Crippen LogP contribution in [0.4, 0.5) is 0 Å². The van der Waals surface area contributed by atoms with Gasteiger partial charge in [0.1, 0.15) is 0 Å². The van der Waals surface area contributed by atoms with Crippen LogP contribution in [0.25, 0.3) is 0 Å². The normalized spacial score (nSPS) is 27.4. The lowest BCUT2D eigenvalue weighted by Gasteiger charge is -2.34. The third-order valence-corrected chi connectivity index (χ3v) is 5.47. The van der Waals surface area contributed by atoms with Gasteiger partial charge >= 0.3 is 0 Å². The summed E-state index contributed by atoms with van der Waals surface area (Å²) < 4.78 is 2.44. The molecule has 106 valence electrons. The van der Waals surface area contributed by atoms with Crippen molar-refractivity contribution in [1.82, 2.24) is 4.57 Å². The molecule has 1 saturated carbocycles. The number of rotatable bonds is 3. The van der Waals surface area contributed by atoms with Crippen LogP contribution in [0.15, 0.2) is 12.3 Å². The molecule has 1 atom stereocenters. The monoisotopic (exact) mass is 261 g/mol. The van der Waals surface area contributed by atoms with Gasteiger partial charge in [0.25, 0.3) is 0 Å². The summed E-state index contributed by atoms with van der Waals surface area (Å²) in [6.07, 6.45) is 6.65. The smallest absolute Gasteiger partial charge is 0.0812 e. The second-order valence-electron chi connectivity index (χ2n) is 7.92. The number of nitrogens with zero attached hydrogens (tertiary/aromatic N) is 1. The van der Waals surface area contributed by atoms with E-state index < -0.39 is 0 Å². The van der Waals surface area contributed by atoms with E-state index in [2.05, 4.69) is 44.5 Å². The first-order chi connectivity index (χ1) is 8.83. The molecule has 0 aliphatic heterocycles. The highest BCUT2D eigenvalue weighted by Gasteiger charge is 2.46. The standard InChI is InChI=1S/C17H27NO/c1-12(2)17(6-7-17)11-18-8-5-13-14(18)9-16(3,4)10-15(13)19/h5,8,12,15,19H,6-7,9-11H2,1-4H3. The van der Waals surface area contributed by atoms with E-state index >= 15 is 0 Å². The molecule has 2 aliphatic carbocycles. The van der Waals surface area contributed by atoms with Gasteiger partial charge in [-0.05, 0) is 48.5 Å². The summed E-state index contributed by atoms with van der Waals surface area (Å²) in [6, 6.07) is 2.14. The molecule has 0 bridgehead atoms. The van der Waals surface area contributed by atoms with Crippen molar-refractivity contribution in [2.24, 2.45) is 16.7 Å². The third kappa shape index (κ3) is 2.24. The van der Waals surface area contributed by atoms with Gasteiger partial charge in [-0.25, -0.2) is 0 Å². The molecular formula is C17H27NO. The Morgan fingerprint density at radius 3 is 2.63 bits per heavy atom. The van der Waals surface area contributed by atoms with Crippen LogP contribution in [0.3, 0.4) is 0 Å². The Bertz CT molecular complexity index is 479. The van der Waals surface area contributed by atoms with E-state index in [0.29, 0.717) is 5.41 Å². The zero-order valence-corrected chi connectivity index (χ0v) is 12.7. The average molecular weight is 261 g/mol. The number of fused-ring (bicyclic) bond motifs is 1. The second-order valence-corrected chi connectivity index (χ2v) is 7.92. The van der Waals surface area contributed by atoms with E-state index in [1.165, 1.54) is 24.1 Å². The summed E-state index contributed by atoms with van der Waals surface area (Å²) in [4.78, 5) is 0. The van der Waals surface area contributed by atoms with Crippen LogP contribution in [-0.2, 0) is 13.0 Å². The average Bonchev–Trinajstić information content (AvgIpc) is 2.96. The molecule has 1 aromatic heterocycles. The Morgan fingerprint density at radius 2 is 2.05 bits per heavy atom. The van der Waals surface area contributed by atoms with Crippen molar-refractivity contribution in [3.05, 3.63) is 23.5 Å². The van der Waals surface area contributed by atoms with E-state index in [-0.39, 0.29) is 11.5 Å². The van der Waals surface area contributed by atoms with Crippen molar-refractivity contribution >= 4 is 0 Å². The van der Waals surface area contributed by atoms with Crippen LogP contribution < -0.4 is 0 Å². The number of aliphatic hydroxyl groups excluding tert-OH is 1. The molecule has 1 unspecified atom stereocenters. The van der Waals surface area contributed by atoms with Crippen LogP contribution in [0.1, 0.15) is 64.3 Å². The lowest BCUT2D eigenvalue weighted by Crippen LogP contribution is -2.28.